The molecule has 0 saturated carbocycles. The van der Waals surface area contributed by atoms with E-state index in [1.807, 2.05) is 0 Å². The van der Waals surface area contributed by atoms with Crippen LogP contribution in [0.3, 0.4) is 0 Å². The lowest BCUT2D eigenvalue weighted by atomic mass is 9.76. The maximum Gasteiger partial charge on any atom is -0.00698 e. The molecule has 0 nitrogen and oxygen atoms in total. The van der Waals surface area contributed by atoms with Crippen molar-refractivity contribution in [1.82, 2.24) is 0 Å². The van der Waals surface area contributed by atoms with E-state index in [1.54, 1.807) is 11.1 Å². The maximum absolute atomic E-state index is 2.46. The molecule has 2 rings (SSSR count). The second-order valence-corrected chi connectivity index (χ2v) is 7.77. The van der Waals surface area contributed by atoms with Crippen molar-refractivity contribution in [3.63, 3.8) is 0 Å². The minimum absolute atomic E-state index is 0.271. The number of hydrogen-bond donors (Lipinski definition) is 0. The van der Waals surface area contributed by atoms with Crippen molar-refractivity contribution in [2.24, 2.45) is 16.7 Å². The van der Waals surface area contributed by atoms with E-state index in [1.165, 1.54) is 17.6 Å². The van der Waals surface area contributed by atoms with Crippen molar-refractivity contribution in [2.45, 2.75) is 54.9 Å². The van der Waals surface area contributed by atoms with Crippen molar-refractivity contribution < 1.29 is 0 Å². The summed E-state index contributed by atoms with van der Waals surface area (Å²) in [6.07, 6.45) is 6.14. The highest BCUT2D eigenvalue weighted by Gasteiger charge is 2.37. The Balaban J connectivity index is 2.41. The normalized spacial score (nSPS) is 25.0. The molecule has 0 N–H and O–H groups in total. The third-order valence-corrected chi connectivity index (χ3v) is 4.18. The number of fused-ring (bicyclic) bond motifs is 1. The Morgan fingerprint density at radius 3 is 2.06 bits per heavy atom. The molecule has 0 fully saturated rings. The van der Waals surface area contributed by atoms with Crippen molar-refractivity contribution in [3.8, 4) is 0 Å². The van der Waals surface area contributed by atoms with Gasteiger partial charge in [-0.25, -0.2) is 0 Å². The molecule has 0 aliphatic heterocycles. The Morgan fingerprint density at radius 1 is 1.00 bits per heavy atom. The quantitative estimate of drug-likeness (QED) is 0.531. The van der Waals surface area contributed by atoms with Gasteiger partial charge < -0.3 is 0 Å². The minimum atomic E-state index is 0.271. The molecule has 0 aromatic heterocycles. The van der Waals surface area contributed by atoms with Gasteiger partial charge in [0.15, 0.2) is 0 Å². The summed E-state index contributed by atoms with van der Waals surface area (Å²) in [5, 5.41) is 0. The van der Waals surface area contributed by atoms with Crippen LogP contribution in [0.25, 0.3) is 0 Å². The Bertz CT molecular complexity index is 428. The third-order valence-electron chi connectivity index (χ3n) is 4.18. The fourth-order valence-electron chi connectivity index (χ4n) is 2.92. The second-order valence-electron chi connectivity index (χ2n) is 7.77. The van der Waals surface area contributed by atoms with Gasteiger partial charge >= 0.3 is 0 Å². The zero-order chi connectivity index (χ0) is 13.0. The van der Waals surface area contributed by atoms with Crippen LogP contribution in [0.2, 0.25) is 0 Å². The SMILES string of the molecule is CC1=C2C=C(C(C)(C)C)C=C2C(C(C)(C)C)C1. The van der Waals surface area contributed by atoms with Gasteiger partial charge in [0.2, 0.25) is 0 Å². The van der Waals surface area contributed by atoms with Gasteiger partial charge in [0.25, 0.3) is 0 Å². The molecule has 17 heavy (non-hydrogen) atoms. The highest BCUT2D eigenvalue weighted by Crippen LogP contribution is 2.51. The summed E-state index contributed by atoms with van der Waals surface area (Å²) in [6, 6.07) is 0. The summed E-state index contributed by atoms with van der Waals surface area (Å²) in [5.74, 6) is 0.702. The number of allylic oxidation sites excluding steroid dienone is 6. The van der Waals surface area contributed by atoms with Crippen LogP contribution in [-0.4, -0.2) is 0 Å². The summed E-state index contributed by atoms with van der Waals surface area (Å²) >= 11 is 0. The van der Waals surface area contributed by atoms with Gasteiger partial charge in [-0.2, -0.15) is 0 Å². The van der Waals surface area contributed by atoms with Crippen LogP contribution in [0.4, 0.5) is 0 Å². The maximum atomic E-state index is 2.46. The monoisotopic (exact) mass is 230 g/mol. The van der Waals surface area contributed by atoms with Crippen LogP contribution in [0.5, 0.6) is 0 Å². The van der Waals surface area contributed by atoms with E-state index in [0.717, 1.165) is 0 Å². The summed E-state index contributed by atoms with van der Waals surface area (Å²) in [5.41, 5.74) is 6.85. The fourth-order valence-corrected chi connectivity index (χ4v) is 2.92. The van der Waals surface area contributed by atoms with E-state index >= 15 is 0 Å². The number of hydrogen-bond acceptors (Lipinski definition) is 0. The third kappa shape index (κ3) is 2.14. The average molecular weight is 230 g/mol. The van der Waals surface area contributed by atoms with Gasteiger partial charge in [-0.05, 0) is 46.8 Å². The molecule has 2 aliphatic carbocycles. The lowest BCUT2D eigenvalue weighted by molar-refractivity contribution is 0.289. The highest BCUT2D eigenvalue weighted by molar-refractivity contribution is 5.60. The van der Waals surface area contributed by atoms with E-state index in [-0.39, 0.29) is 5.41 Å². The molecule has 0 radical (unpaired) electrons. The molecule has 0 spiro atoms. The number of rotatable bonds is 0. The molecule has 1 atom stereocenters. The van der Waals surface area contributed by atoms with E-state index in [4.69, 9.17) is 0 Å². The molecule has 2 aliphatic rings. The Kier molecular flexibility index (Phi) is 2.69. The van der Waals surface area contributed by atoms with Crippen molar-refractivity contribution >= 4 is 0 Å². The van der Waals surface area contributed by atoms with Gasteiger partial charge in [-0.15, -0.1) is 0 Å². The molecule has 0 amide bonds. The van der Waals surface area contributed by atoms with E-state index < -0.39 is 0 Å². The topological polar surface area (TPSA) is 0 Å². The first-order valence-corrected chi connectivity index (χ1v) is 6.74. The Hall–Kier alpha value is -0.780. The van der Waals surface area contributed by atoms with E-state index in [0.29, 0.717) is 11.3 Å². The van der Waals surface area contributed by atoms with Crippen molar-refractivity contribution in [1.29, 1.82) is 0 Å². The lowest BCUT2D eigenvalue weighted by Crippen LogP contribution is -2.19. The van der Waals surface area contributed by atoms with Crippen LogP contribution in [0, 0.1) is 16.7 Å². The first-order valence-electron chi connectivity index (χ1n) is 6.74. The van der Waals surface area contributed by atoms with Crippen molar-refractivity contribution in [2.75, 3.05) is 0 Å². The van der Waals surface area contributed by atoms with Crippen LogP contribution >= 0.6 is 0 Å². The standard InChI is InChI=1S/C17H26/c1-11-8-15(17(5,6)7)14-10-12(9-13(11)14)16(2,3)4/h9-10,15H,8H2,1-7H3. The molecular formula is C17H26. The van der Waals surface area contributed by atoms with E-state index in [2.05, 4.69) is 60.6 Å². The van der Waals surface area contributed by atoms with Gasteiger partial charge in [-0.1, -0.05) is 59.3 Å². The zero-order valence-electron chi connectivity index (χ0n) is 12.4. The highest BCUT2D eigenvalue weighted by atomic mass is 14.4. The lowest BCUT2D eigenvalue weighted by Gasteiger charge is -2.29. The molecule has 0 aromatic rings. The molecule has 0 aromatic carbocycles. The molecule has 0 saturated heterocycles. The van der Waals surface area contributed by atoms with Crippen molar-refractivity contribution in [3.05, 3.63) is 34.4 Å². The molecule has 0 bridgehead atoms. The summed E-state index contributed by atoms with van der Waals surface area (Å²) in [6.45, 7) is 16.3. The Labute approximate surface area is 106 Å². The minimum Gasteiger partial charge on any atom is -0.0652 e. The summed E-state index contributed by atoms with van der Waals surface area (Å²) in [7, 11) is 0. The predicted molar refractivity (Wildman–Crippen MR) is 75.9 cm³/mol. The first kappa shape index (κ1) is 12.7. The van der Waals surface area contributed by atoms with Gasteiger partial charge in [-0.3, -0.25) is 0 Å². The zero-order valence-corrected chi connectivity index (χ0v) is 12.4. The first-order chi connectivity index (χ1) is 7.60. The Morgan fingerprint density at radius 2 is 1.59 bits per heavy atom. The van der Waals surface area contributed by atoms with Crippen LogP contribution in [0.1, 0.15) is 54.9 Å². The molecule has 0 heterocycles. The second kappa shape index (κ2) is 3.60. The summed E-state index contributed by atoms with van der Waals surface area (Å²) < 4.78 is 0. The summed E-state index contributed by atoms with van der Waals surface area (Å²) in [4.78, 5) is 0. The molecule has 0 heteroatoms. The van der Waals surface area contributed by atoms with Crippen LogP contribution in [0.15, 0.2) is 34.4 Å². The van der Waals surface area contributed by atoms with Gasteiger partial charge in [0.1, 0.15) is 0 Å². The largest absolute Gasteiger partial charge is 0.0652 e. The fraction of sp³-hybridized carbons (Fsp3) is 0.647. The molecule has 94 valence electrons. The van der Waals surface area contributed by atoms with Gasteiger partial charge in [0.05, 0.1) is 0 Å². The van der Waals surface area contributed by atoms with Crippen LogP contribution in [-0.2, 0) is 0 Å². The average Bonchev–Trinajstić information content (AvgIpc) is 2.63. The van der Waals surface area contributed by atoms with Crippen LogP contribution < -0.4 is 0 Å². The molecular weight excluding hydrogens is 204 g/mol. The molecule has 1 unspecified atom stereocenters. The van der Waals surface area contributed by atoms with E-state index in [9.17, 15) is 0 Å². The smallest absolute Gasteiger partial charge is 0.00698 e. The van der Waals surface area contributed by atoms with Gasteiger partial charge in [0, 0.05) is 0 Å². The predicted octanol–water partition coefficient (Wildman–Crippen LogP) is 5.28.